The second kappa shape index (κ2) is 7.99. The summed E-state index contributed by atoms with van der Waals surface area (Å²) in [5.74, 6) is -0.805. The van der Waals surface area contributed by atoms with Gasteiger partial charge in [0.05, 0.1) is 19.3 Å². The molecule has 0 aromatic carbocycles. The Labute approximate surface area is 141 Å². The van der Waals surface area contributed by atoms with Crippen LogP contribution in [-0.2, 0) is 14.3 Å². The van der Waals surface area contributed by atoms with Crippen LogP contribution >= 0.6 is 0 Å². The standard InChI is InChI=1S/C17H24N2O5/c1-11(2)14(18-15(20)13-5-4-10-24-13)16(21)19-8-6-12(7-9-19)17(22)23-3/h4-5,10-12,14H,6-9H2,1-3H3,(H,18,20)/t14-/m1/s1. The number of esters is 1. The molecule has 1 saturated heterocycles. The van der Waals surface area contributed by atoms with Gasteiger partial charge in [0, 0.05) is 13.1 Å². The van der Waals surface area contributed by atoms with Crippen molar-refractivity contribution >= 4 is 17.8 Å². The van der Waals surface area contributed by atoms with E-state index >= 15 is 0 Å². The topological polar surface area (TPSA) is 88.9 Å². The highest BCUT2D eigenvalue weighted by atomic mass is 16.5. The number of ether oxygens (including phenoxy) is 1. The summed E-state index contributed by atoms with van der Waals surface area (Å²) in [5, 5.41) is 2.75. The number of hydrogen-bond donors (Lipinski definition) is 1. The fourth-order valence-corrected chi connectivity index (χ4v) is 2.83. The van der Waals surface area contributed by atoms with E-state index in [0.717, 1.165) is 0 Å². The van der Waals surface area contributed by atoms with Gasteiger partial charge in [-0.05, 0) is 30.9 Å². The Bertz CT molecular complexity index is 574. The Kier molecular flexibility index (Phi) is 6.00. The molecule has 0 bridgehead atoms. The fraction of sp³-hybridized carbons (Fsp3) is 0.588. The summed E-state index contributed by atoms with van der Waals surface area (Å²) in [6.07, 6.45) is 2.57. The second-order valence-electron chi connectivity index (χ2n) is 6.30. The zero-order chi connectivity index (χ0) is 17.7. The molecular weight excluding hydrogens is 312 g/mol. The molecule has 1 atom stereocenters. The molecule has 0 saturated carbocycles. The smallest absolute Gasteiger partial charge is 0.308 e. The quantitative estimate of drug-likeness (QED) is 0.822. The minimum Gasteiger partial charge on any atom is -0.469 e. The molecular formula is C17H24N2O5. The number of amides is 2. The molecule has 1 aliphatic heterocycles. The first kappa shape index (κ1) is 18.0. The van der Waals surface area contributed by atoms with Gasteiger partial charge in [0.25, 0.3) is 5.91 Å². The number of piperidine rings is 1. The van der Waals surface area contributed by atoms with Gasteiger partial charge in [0.15, 0.2) is 5.76 Å². The van der Waals surface area contributed by atoms with E-state index in [1.54, 1.807) is 17.0 Å². The molecule has 0 unspecified atom stereocenters. The number of methoxy groups -OCH3 is 1. The summed E-state index contributed by atoms with van der Waals surface area (Å²) in [6.45, 7) is 4.73. The van der Waals surface area contributed by atoms with E-state index in [1.807, 2.05) is 13.8 Å². The van der Waals surface area contributed by atoms with Gasteiger partial charge in [0.1, 0.15) is 6.04 Å². The van der Waals surface area contributed by atoms with Crippen LogP contribution in [0.3, 0.4) is 0 Å². The van der Waals surface area contributed by atoms with Crippen LogP contribution in [0.5, 0.6) is 0 Å². The Hall–Kier alpha value is -2.31. The van der Waals surface area contributed by atoms with E-state index in [4.69, 9.17) is 9.15 Å². The molecule has 0 spiro atoms. The molecule has 1 N–H and O–H groups in total. The molecule has 7 nitrogen and oxygen atoms in total. The molecule has 0 radical (unpaired) electrons. The van der Waals surface area contributed by atoms with Crippen LogP contribution in [0.1, 0.15) is 37.2 Å². The first-order valence-electron chi connectivity index (χ1n) is 8.15. The average molecular weight is 336 g/mol. The fourth-order valence-electron chi connectivity index (χ4n) is 2.83. The highest BCUT2D eigenvalue weighted by Gasteiger charge is 2.33. The van der Waals surface area contributed by atoms with Gasteiger partial charge in [-0.1, -0.05) is 13.8 Å². The SMILES string of the molecule is COC(=O)C1CCN(C(=O)[C@H](NC(=O)c2ccco2)C(C)C)CC1. The summed E-state index contributed by atoms with van der Waals surface area (Å²) >= 11 is 0. The molecule has 2 heterocycles. The summed E-state index contributed by atoms with van der Waals surface area (Å²) in [4.78, 5) is 38.2. The predicted octanol–water partition coefficient (Wildman–Crippen LogP) is 1.45. The van der Waals surface area contributed by atoms with Gasteiger partial charge in [-0.15, -0.1) is 0 Å². The van der Waals surface area contributed by atoms with Crippen molar-refractivity contribution in [2.45, 2.75) is 32.7 Å². The largest absolute Gasteiger partial charge is 0.469 e. The maximum absolute atomic E-state index is 12.8. The van der Waals surface area contributed by atoms with Gasteiger partial charge in [0.2, 0.25) is 5.91 Å². The first-order chi connectivity index (χ1) is 11.4. The molecule has 132 valence electrons. The summed E-state index contributed by atoms with van der Waals surface area (Å²) in [5.41, 5.74) is 0. The predicted molar refractivity (Wildman–Crippen MR) is 86.1 cm³/mol. The molecule has 1 aromatic heterocycles. The van der Waals surface area contributed by atoms with Crippen molar-refractivity contribution in [1.82, 2.24) is 10.2 Å². The van der Waals surface area contributed by atoms with E-state index < -0.39 is 11.9 Å². The van der Waals surface area contributed by atoms with E-state index in [9.17, 15) is 14.4 Å². The number of hydrogen-bond acceptors (Lipinski definition) is 5. The van der Waals surface area contributed by atoms with Crippen LogP contribution in [-0.4, -0.2) is 48.9 Å². The van der Waals surface area contributed by atoms with Gasteiger partial charge >= 0.3 is 5.97 Å². The normalized spacial score (nSPS) is 16.8. The van der Waals surface area contributed by atoms with Crippen molar-refractivity contribution in [1.29, 1.82) is 0 Å². The van der Waals surface area contributed by atoms with E-state index in [-0.39, 0.29) is 29.5 Å². The second-order valence-corrected chi connectivity index (χ2v) is 6.30. The van der Waals surface area contributed by atoms with Crippen LogP contribution in [0.15, 0.2) is 22.8 Å². The summed E-state index contributed by atoms with van der Waals surface area (Å²) < 4.78 is 9.82. The highest BCUT2D eigenvalue weighted by molar-refractivity contribution is 5.95. The van der Waals surface area contributed by atoms with Crippen LogP contribution < -0.4 is 5.32 Å². The van der Waals surface area contributed by atoms with E-state index in [2.05, 4.69) is 5.32 Å². The molecule has 2 amide bonds. The van der Waals surface area contributed by atoms with Crippen molar-refractivity contribution in [3.05, 3.63) is 24.2 Å². The van der Waals surface area contributed by atoms with Gasteiger partial charge in [-0.3, -0.25) is 14.4 Å². The van der Waals surface area contributed by atoms with Crippen molar-refractivity contribution in [2.24, 2.45) is 11.8 Å². The number of furan rings is 1. The highest BCUT2D eigenvalue weighted by Crippen LogP contribution is 2.20. The lowest BCUT2D eigenvalue weighted by Gasteiger charge is -2.34. The monoisotopic (exact) mass is 336 g/mol. The maximum atomic E-state index is 12.8. The molecule has 7 heteroatoms. The lowest BCUT2D eigenvalue weighted by atomic mass is 9.95. The Morgan fingerprint density at radius 2 is 1.96 bits per heavy atom. The number of carbonyl (C=O) groups excluding carboxylic acids is 3. The summed E-state index contributed by atoms with van der Waals surface area (Å²) in [7, 11) is 1.37. The Morgan fingerprint density at radius 3 is 2.46 bits per heavy atom. The van der Waals surface area contributed by atoms with Crippen molar-refractivity contribution in [3.63, 3.8) is 0 Å². The van der Waals surface area contributed by atoms with Gasteiger partial charge in [-0.25, -0.2) is 0 Å². The third-order valence-corrected chi connectivity index (χ3v) is 4.31. The van der Waals surface area contributed by atoms with E-state index in [0.29, 0.717) is 25.9 Å². The lowest BCUT2D eigenvalue weighted by Crippen LogP contribution is -2.53. The third-order valence-electron chi connectivity index (χ3n) is 4.31. The third kappa shape index (κ3) is 4.15. The van der Waals surface area contributed by atoms with Crippen LogP contribution in [0.25, 0.3) is 0 Å². The van der Waals surface area contributed by atoms with Crippen molar-refractivity contribution < 1.29 is 23.5 Å². The number of nitrogens with one attached hydrogen (secondary N) is 1. The van der Waals surface area contributed by atoms with Crippen LogP contribution in [0.4, 0.5) is 0 Å². The van der Waals surface area contributed by atoms with Crippen molar-refractivity contribution in [3.8, 4) is 0 Å². The lowest BCUT2D eigenvalue weighted by molar-refractivity contribution is -0.149. The minimum atomic E-state index is -0.628. The number of carbonyl (C=O) groups is 3. The molecule has 2 rings (SSSR count). The van der Waals surface area contributed by atoms with Crippen LogP contribution in [0, 0.1) is 11.8 Å². The zero-order valence-corrected chi connectivity index (χ0v) is 14.3. The number of likely N-dealkylation sites (tertiary alicyclic amines) is 1. The van der Waals surface area contributed by atoms with Crippen LogP contribution in [0.2, 0.25) is 0 Å². The number of rotatable bonds is 5. The molecule has 0 aliphatic carbocycles. The minimum absolute atomic E-state index is 0.0604. The Balaban J connectivity index is 1.97. The molecule has 1 aromatic rings. The summed E-state index contributed by atoms with van der Waals surface area (Å²) in [6, 6.07) is 2.55. The maximum Gasteiger partial charge on any atom is 0.308 e. The zero-order valence-electron chi connectivity index (χ0n) is 14.3. The van der Waals surface area contributed by atoms with Gasteiger partial charge in [-0.2, -0.15) is 0 Å². The first-order valence-corrected chi connectivity index (χ1v) is 8.15. The van der Waals surface area contributed by atoms with Gasteiger partial charge < -0.3 is 19.4 Å². The average Bonchev–Trinajstić information content (AvgIpc) is 3.12. The molecule has 1 aliphatic rings. The number of nitrogens with zero attached hydrogens (tertiary/aromatic N) is 1. The van der Waals surface area contributed by atoms with E-state index in [1.165, 1.54) is 13.4 Å². The Morgan fingerprint density at radius 1 is 1.29 bits per heavy atom. The molecule has 24 heavy (non-hydrogen) atoms. The molecule has 1 fully saturated rings. The van der Waals surface area contributed by atoms with Crippen molar-refractivity contribution in [2.75, 3.05) is 20.2 Å².